The smallest absolute Gasteiger partial charge is 0.254 e. The summed E-state index contributed by atoms with van der Waals surface area (Å²) in [6, 6.07) is 1.94. The molecule has 8 heteroatoms. The van der Waals surface area contributed by atoms with E-state index >= 15 is 4.39 Å². The van der Waals surface area contributed by atoms with Crippen molar-refractivity contribution in [2.24, 2.45) is 5.73 Å². The molecule has 1 fully saturated rings. The zero-order chi connectivity index (χ0) is 19.3. The lowest BCUT2D eigenvalue weighted by Gasteiger charge is -2.30. The van der Waals surface area contributed by atoms with Gasteiger partial charge in [0.2, 0.25) is 0 Å². The summed E-state index contributed by atoms with van der Waals surface area (Å²) in [5.74, 6) is -0.548. The Morgan fingerprint density at radius 3 is 3.04 bits per heavy atom. The Bertz CT molecular complexity index is 918. The molecule has 0 radical (unpaired) electrons. The molecule has 2 aromatic heterocycles. The Hall–Kier alpha value is -2.45. The molecule has 1 aliphatic carbocycles. The molecule has 2 aromatic rings. The van der Waals surface area contributed by atoms with Crippen molar-refractivity contribution in [3.05, 3.63) is 34.9 Å². The van der Waals surface area contributed by atoms with Gasteiger partial charge in [0.25, 0.3) is 5.91 Å². The number of amides is 1. The van der Waals surface area contributed by atoms with Crippen LogP contribution in [-0.2, 0) is 24.4 Å². The molecule has 4 heterocycles. The third kappa shape index (κ3) is 2.87. The first-order valence-electron chi connectivity index (χ1n) is 9.91. The van der Waals surface area contributed by atoms with Gasteiger partial charge in [0, 0.05) is 48.2 Å². The van der Waals surface area contributed by atoms with Gasteiger partial charge in [-0.25, -0.2) is 9.37 Å². The monoisotopic (exact) mass is 385 g/mol. The highest BCUT2D eigenvalue weighted by Gasteiger charge is 2.32. The van der Waals surface area contributed by atoms with E-state index in [2.05, 4.69) is 20.2 Å². The van der Waals surface area contributed by atoms with Crippen LogP contribution in [0.1, 0.15) is 47.3 Å². The molecule has 0 saturated heterocycles. The summed E-state index contributed by atoms with van der Waals surface area (Å²) in [7, 11) is 0. The number of pyridine rings is 1. The van der Waals surface area contributed by atoms with E-state index in [1.165, 1.54) is 0 Å². The number of halogens is 1. The van der Waals surface area contributed by atoms with Crippen LogP contribution >= 0.6 is 0 Å². The second-order valence-electron chi connectivity index (χ2n) is 7.82. The molecule has 1 amide bonds. The van der Waals surface area contributed by atoms with E-state index < -0.39 is 5.82 Å². The van der Waals surface area contributed by atoms with Gasteiger partial charge >= 0.3 is 0 Å². The predicted molar refractivity (Wildman–Crippen MR) is 102 cm³/mol. The van der Waals surface area contributed by atoms with Crippen molar-refractivity contribution in [1.29, 1.82) is 0 Å². The minimum atomic E-state index is -0.456. The first kappa shape index (κ1) is 17.6. The summed E-state index contributed by atoms with van der Waals surface area (Å²) in [4.78, 5) is 17.0. The third-order valence-corrected chi connectivity index (χ3v) is 6.02. The highest BCUT2D eigenvalue weighted by atomic mass is 19.1. The third-order valence-electron chi connectivity index (χ3n) is 6.02. The average Bonchev–Trinajstić information content (AvgIpc) is 3.30. The van der Waals surface area contributed by atoms with Gasteiger partial charge in [-0.2, -0.15) is 0 Å². The SMILES string of the molecule is N[C@H]1CCCC[C@H]1Nc1nc(-c2cc3n(c2)CCOC3)c2c(c1F)CNC2=O. The van der Waals surface area contributed by atoms with Crippen molar-refractivity contribution in [3.63, 3.8) is 0 Å². The molecule has 148 valence electrons. The first-order valence-corrected chi connectivity index (χ1v) is 9.91. The van der Waals surface area contributed by atoms with Crippen molar-refractivity contribution < 1.29 is 13.9 Å². The van der Waals surface area contributed by atoms with Gasteiger partial charge < -0.3 is 25.7 Å². The highest BCUT2D eigenvalue weighted by molar-refractivity contribution is 6.04. The summed E-state index contributed by atoms with van der Waals surface area (Å²) in [6.07, 6.45) is 5.95. The number of carbonyl (C=O) groups is 1. The van der Waals surface area contributed by atoms with Crippen molar-refractivity contribution in [3.8, 4) is 11.3 Å². The van der Waals surface area contributed by atoms with Crippen LogP contribution < -0.4 is 16.4 Å². The van der Waals surface area contributed by atoms with Crippen molar-refractivity contribution in [2.45, 2.75) is 57.5 Å². The van der Waals surface area contributed by atoms with Crippen LogP contribution in [0.15, 0.2) is 12.3 Å². The minimum absolute atomic E-state index is 0.0117. The van der Waals surface area contributed by atoms with Crippen LogP contribution in [0.3, 0.4) is 0 Å². The summed E-state index contributed by atoms with van der Waals surface area (Å²) in [6.45, 7) is 2.12. The number of nitrogens with two attached hydrogens (primary N) is 1. The molecular formula is C20H24FN5O2. The zero-order valence-electron chi connectivity index (χ0n) is 15.6. The number of nitrogens with one attached hydrogen (secondary N) is 2. The topological polar surface area (TPSA) is 94.2 Å². The Morgan fingerprint density at radius 2 is 2.21 bits per heavy atom. The van der Waals surface area contributed by atoms with E-state index in [9.17, 15) is 4.79 Å². The van der Waals surface area contributed by atoms with E-state index in [4.69, 9.17) is 10.5 Å². The minimum Gasteiger partial charge on any atom is -0.373 e. The summed E-state index contributed by atoms with van der Waals surface area (Å²) in [5.41, 5.74) is 9.30. The molecule has 0 spiro atoms. The van der Waals surface area contributed by atoms with Gasteiger partial charge in [0.1, 0.15) is 0 Å². The Kier molecular flexibility index (Phi) is 4.32. The molecule has 0 aromatic carbocycles. The van der Waals surface area contributed by atoms with Crippen LogP contribution in [0.25, 0.3) is 11.3 Å². The van der Waals surface area contributed by atoms with Crippen LogP contribution in [0.5, 0.6) is 0 Å². The molecule has 4 N–H and O–H groups in total. The fraction of sp³-hybridized carbons (Fsp3) is 0.500. The second-order valence-corrected chi connectivity index (χ2v) is 7.82. The number of hydrogen-bond donors (Lipinski definition) is 3. The van der Waals surface area contributed by atoms with Crippen LogP contribution in [-0.4, -0.2) is 34.1 Å². The number of nitrogens with zero attached hydrogens (tertiary/aromatic N) is 2. The summed E-state index contributed by atoms with van der Waals surface area (Å²) < 4.78 is 22.8. The molecule has 7 nitrogen and oxygen atoms in total. The average molecular weight is 385 g/mol. The number of aromatic nitrogens is 2. The lowest BCUT2D eigenvalue weighted by atomic mass is 9.91. The molecule has 5 rings (SSSR count). The summed E-state index contributed by atoms with van der Waals surface area (Å²) in [5, 5.41) is 5.97. The molecule has 28 heavy (non-hydrogen) atoms. The standard InChI is InChI=1S/C20H24FN5O2/c21-17-13-8-23-20(27)16(13)18(11-7-12-10-28-6-5-26(12)9-11)25-19(17)24-15-4-2-1-3-14(15)22/h7,9,14-15H,1-6,8,10,22H2,(H,23,27)(H,24,25)/t14-,15+/m0/s1. The van der Waals surface area contributed by atoms with Gasteiger partial charge in [0.05, 0.1) is 24.5 Å². The maximum absolute atomic E-state index is 15.2. The zero-order valence-corrected chi connectivity index (χ0v) is 15.6. The Labute approximate surface area is 162 Å². The van der Waals surface area contributed by atoms with E-state index in [0.29, 0.717) is 30.0 Å². The quantitative estimate of drug-likeness (QED) is 0.753. The fourth-order valence-corrected chi connectivity index (χ4v) is 4.45. The molecule has 2 atom stereocenters. The largest absolute Gasteiger partial charge is 0.373 e. The summed E-state index contributed by atoms with van der Waals surface area (Å²) >= 11 is 0. The normalized spacial score (nSPS) is 23.9. The van der Waals surface area contributed by atoms with Crippen LogP contribution in [0.2, 0.25) is 0 Å². The molecule has 3 aliphatic rings. The van der Waals surface area contributed by atoms with Gasteiger partial charge in [-0.3, -0.25) is 4.79 Å². The first-order chi connectivity index (χ1) is 13.6. The lowest BCUT2D eigenvalue weighted by molar-refractivity contribution is 0.0850. The van der Waals surface area contributed by atoms with Crippen LogP contribution in [0, 0.1) is 5.82 Å². The molecule has 1 saturated carbocycles. The van der Waals surface area contributed by atoms with Crippen molar-refractivity contribution in [1.82, 2.24) is 14.9 Å². The maximum atomic E-state index is 15.2. The molecule has 2 aliphatic heterocycles. The number of rotatable bonds is 3. The fourth-order valence-electron chi connectivity index (χ4n) is 4.45. The van der Waals surface area contributed by atoms with Crippen LogP contribution in [0.4, 0.5) is 10.2 Å². The number of ether oxygens (including phenoxy) is 1. The second kappa shape index (κ2) is 6.86. The van der Waals surface area contributed by atoms with E-state index in [1.54, 1.807) is 0 Å². The molecule has 0 unspecified atom stereocenters. The predicted octanol–water partition coefficient (Wildman–Crippen LogP) is 2.14. The van der Waals surface area contributed by atoms with Gasteiger partial charge in [-0.15, -0.1) is 0 Å². The molecule has 0 bridgehead atoms. The van der Waals surface area contributed by atoms with Gasteiger partial charge in [-0.1, -0.05) is 12.8 Å². The maximum Gasteiger partial charge on any atom is 0.254 e. The van der Waals surface area contributed by atoms with Gasteiger partial charge in [-0.05, 0) is 18.9 Å². The Morgan fingerprint density at radius 1 is 1.36 bits per heavy atom. The van der Waals surface area contributed by atoms with Gasteiger partial charge in [0.15, 0.2) is 11.6 Å². The number of fused-ring (bicyclic) bond motifs is 2. The molecular weight excluding hydrogens is 361 g/mol. The Balaban J connectivity index is 1.59. The lowest BCUT2D eigenvalue weighted by Crippen LogP contribution is -2.43. The van der Waals surface area contributed by atoms with Crippen molar-refractivity contribution in [2.75, 3.05) is 11.9 Å². The highest BCUT2D eigenvalue weighted by Crippen LogP contribution is 2.35. The van der Waals surface area contributed by atoms with Crippen molar-refractivity contribution >= 4 is 11.7 Å². The number of anilines is 1. The van der Waals surface area contributed by atoms with E-state index in [1.807, 2.05) is 12.3 Å². The van der Waals surface area contributed by atoms with E-state index in [-0.39, 0.29) is 30.4 Å². The van der Waals surface area contributed by atoms with E-state index in [0.717, 1.165) is 43.5 Å². The number of carbonyl (C=O) groups excluding carboxylic acids is 1. The number of hydrogen-bond acceptors (Lipinski definition) is 5.